The van der Waals surface area contributed by atoms with Gasteiger partial charge in [-0.1, -0.05) is 23.2 Å². The molecule has 1 saturated heterocycles. The van der Waals surface area contributed by atoms with Crippen molar-refractivity contribution in [1.29, 1.82) is 0 Å². The Labute approximate surface area is 127 Å². The highest BCUT2D eigenvalue weighted by Crippen LogP contribution is 2.41. The van der Waals surface area contributed by atoms with E-state index in [0.29, 0.717) is 40.4 Å². The van der Waals surface area contributed by atoms with Crippen LogP contribution in [0, 0.1) is 11.8 Å². The maximum atomic E-state index is 12.5. The van der Waals surface area contributed by atoms with Gasteiger partial charge in [-0.2, -0.15) is 0 Å². The first-order chi connectivity index (χ1) is 9.51. The molecule has 1 heterocycles. The van der Waals surface area contributed by atoms with Crippen LogP contribution in [0.15, 0.2) is 12.1 Å². The topological polar surface area (TPSA) is 49.8 Å². The van der Waals surface area contributed by atoms with E-state index in [1.165, 1.54) is 7.11 Å². The van der Waals surface area contributed by atoms with Crippen LogP contribution in [0.25, 0.3) is 0 Å². The summed E-state index contributed by atoms with van der Waals surface area (Å²) < 4.78 is 5.07. The number of aliphatic hydroxyl groups excluding tert-OH is 1. The SMILES string of the molecule is COc1c(Cl)cc(C(=O)N2C[C@H]3C[C@@H](O)[C@H]3C2)cc1Cl. The van der Waals surface area contributed by atoms with Gasteiger partial charge < -0.3 is 14.7 Å². The number of ether oxygens (including phenoxy) is 1. The highest BCUT2D eigenvalue weighted by molar-refractivity contribution is 6.37. The van der Waals surface area contributed by atoms with E-state index in [9.17, 15) is 9.90 Å². The number of methoxy groups -OCH3 is 1. The molecule has 1 N–H and O–H groups in total. The van der Waals surface area contributed by atoms with Gasteiger partial charge in [0.25, 0.3) is 5.91 Å². The van der Waals surface area contributed by atoms with Crippen LogP contribution in [0.2, 0.25) is 10.0 Å². The zero-order valence-electron chi connectivity index (χ0n) is 11.0. The van der Waals surface area contributed by atoms with Crippen LogP contribution in [0.3, 0.4) is 0 Å². The third kappa shape index (κ3) is 2.16. The van der Waals surface area contributed by atoms with Gasteiger partial charge in [-0.05, 0) is 24.5 Å². The standard InChI is InChI=1S/C14H15Cl2NO3/c1-20-13-10(15)2-7(3-11(13)16)14(19)17-5-8-4-12(18)9(8)6-17/h2-3,8-9,12,18H,4-6H2,1H3/t8-,9+,12-/m1/s1. The summed E-state index contributed by atoms with van der Waals surface area (Å²) in [6, 6.07) is 3.15. The van der Waals surface area contributed by atoms with Gasteiger partial charge in [-0.3, -0.25) is 4.79 Å². The van der Waals surface area contributed by atoms with E-state index in [0.717, 1.165) is 6.42 Å². The molecule has 20 heavy (non-hydrogen) atoms. The summed E-state index contributed by atoms with van der Waals surface area (Å²) in [6.07, 6.45) is 0.527. The summed E-state index contributed by atoms with van der Waals surface area (Å²) in [7, 11) is 1.48. The van der Waals surface area contributed by atoms with Crippen molar-refractivity contribution in [2.24, 2.45) is 11.8 Å². The molecule has 3 rings (SSSR count). The number of aliphatic hydroxyl groups is 1. The molecule has 1 aromatic rings. The Balaban J connectivity index is 1.81. The Morgan fingerprint density at radius 1 is 1.35 bits per heavy atom. The van der Waals surface area contributed by atoms with Crippen LogP contribution in [-0.2, 0) is 0 Å². The van der Waals surface area contributed by atoms with E-state index >= 15 is 0 Å². The third-order valence-corrected chi connectivity index (χ3v) is 4.83. The van der Waals surface area contributed by atoms with Gasteiger partial charge in [0, 0.05) is 24.6 Å². The van der Waals surface area contributed by atoms with Crippen molar-refractivity contribution in [2.45, 2.75) is 12.5 Å². The molecular weight excluding hydrogens is 301 g/mol. The Bertz CT molecular complexity index is 540. The Kier molecular flexibility index (Phi) is 3.56. The van der Waals surface area contributed by atoms with Crippen molar-refractivity contribution in [3.63, 3.8) is 0 Å². The van der Waals surface area contributed by atoms with Crippen LogP contribution >= 0.6 is 23.2 Å². The second-order valence-corrected chi connectivity index (χ2v) is 6.22. The molecule has 1 aliphatic carbocycles. The zero-order valence-corrected chi connectivity index (χ0v) is 12.5. The number of carbonyl (C=O) groups is 1. The fourth-order valence-corrected chi connectivity index (χ4v) is 3.74. The number of nitrogens with zero attached hydrogens (tertiary/aromatic N) is 1. The lowest BCUT2D eigenvalue weighted by molar-refractivity contribution is -0.00427. The van der Waals surface area contributed by atoms with E-state index in [-0.39, 0.29) is 17.9 Å². The van der Waals surface area contributed by atoms with Crippen molar-refractivity contribution in [2.75, 3.05) is 20.2 Å². The predicted octanol–water partition coefficient (Wildman–Crippen LogP) is 2.45. The molecule has 0 unspecified atom stereocenters. The molecule has 2 aliphatic rings. The van der Waals surface area contributed by atoms with Gasteiger partial charge in [0.1, 0.15) is 0 Å². The summed E-state index contributed by atoms with van der Waals surface area (Å²) in [4.78, 5) is 14.2. The van der Waals surface area contributed by atoms with Crippen molar-refractivity contribution in [3.05, 3.63) is 27.7 Å². The van der Waals surface area contributed by atoms with Crippen LogP contribution in [-0.4, -0.2) is 42.2 Å². The average molecular weight is 316 g/mol. The van der Waals surface area contributed by atoms with Gasteiger partial charge in [0.15, 0.2) is 5.75 Å². The number of carbonyl (C=O) groups excluding carboxylic acids is 1. The minimum absolute atomic E-state index is 0.0990. The molecule has 4 nitrogen and oxygen atoms in total. The van der Waals surface area contributed by atoms with Gasteiger partial charge >= 0.3 is 0 Å². The molecular formula is C14H15Cl2NO3. The second-order valence-electron chi connectivity index (χ2n) is 5.41. The Morgan fingerprint density at radius 2 is 2.00 bits per heavy atom. The first-order valence-electron chi connectivity index (χ1n) is 6.51. The van der Waals surface area contributed by atoms with Crippen molar-refractivity contribution >= 4 is 29.1 Å². The van der Waals surface area contributed by atoms with E-state index in [1.54, 1.807) is 17.0 Å². The number of benzene rings is 1. The van der Waals surface area contributed by atoms with Gasteiger partial charge in [0.2, 0.25) is 0 Å². The van der Waals surface area contributed by atoms with E-state index in [2.05, 4.69) is 0 Å². The summed E-state index contributed by atoms with van der Waals surface area (Å²) >= 11 is 12.1. The number of hydrogen-bond acceptors (Lipinski definition) is 3. The molecule has 1 amide bonds. The fraction of sp³-hybridized carbons (Fsp3) is 0.500. The molecule has 108 valence electrons. The van der Waals surface area contributed by atoms with Crippen molar-refractivity contribution in [1.82, 2.24) is 4.90 Å². The molecule has 0 aromatic heterocycles. The fourth-order valence-electron chi connectivity index (χ4n) is 3.10. The minimum atomic E-state index is -0.263. The number of amides is 1. The molecule has 0 radical (unpaired) electrons. The van der Waals surface area contributed by atoms with Crippen LogP contribution in [0.4, 0.5) is 0 Å². The number of halogens is 2. The minimum Gasteiger partial charge on any atom is -0.494 e. The molecule has 6 heteroatoms. The quantitative estimate of drug-likeness (QED) is 0.912. The first kappa shape index (κ1) is 14.0. The highest BCUT2D eigenvalue weighted by atomic mass is 35.5. The zero-order chi connectivity index (χ0) is 14.4. The lowest BCUT2D eigenvalue weighted by atomic mass is 9.74. The maximum absolute atomic E-state index is 12.5. The second kappa shape index (κ2) is 5.10. The van der Waals surface area contributed by atoms with Gasteiger partial charge in [-0.15, -0.1) is 0 Å². The van der Waals surface area contributed by atoms with Crippen LogP contribution < -0.4 is 4.74 Å². The maximum Gasteiger partial charge on any atom is 0.253 e. The Morgan fingerprint density at radius 3 is 2.50 bits per heavy atom. The monoisotopic (exact) mass is 315 g/mol. The molecule has 1 aromatic carbocycles. The van der Waals surface area contributed by atoms with Gasteiger partial charge in [0.05, 0.1) is 23.3 Å². The summed E-state index contributed by atoms with van der Waals surface area (Å²) in [6.45, 7) is 1.30. The molecule has 1 aliphatic heterocycles. The lowest BCUT2D eigenvalue weighted by Crippen LogP contribution is -2.39. The molecule has 0 bridgehead atoms. The number of likely N-dealkylation sites (tertiary alicyclic amines) is 1. The van der Waals surface area contributed by atoms with Crippen LogP contribution in [0.5, 0.6) is 5.75 Å². The van der Waals surface area contributed by atoms with Crippen molar-refractivity contribution < 1.29 is 14.6 Å². The van der Waals surface area contributed by atoms with Crippen molar-refractivity contribution in [3.8, 4) is 5.75 Å². The summed E-state index contributed by atoms with van der Waals surface area (Å²) in [5.74, 6) is 0.932. The van der Waals surface area contributed by atoms with Gasteiger partial charge in [-0.25, -0.2) is 0 Å². The summed E-state index contributed by atoms with van der Waals surface area (Å²) in [5.41, 5.74) is 0.455. The first-order valence-corrected chi connectivity index (χ1v) is 7.27. The molecule has 1 saturated carbocycles. The smallest absolute Gasteiger partial charge is 0.253 e. The number of rotatable bonds is 2. The summed E-state index contributed by atoms with van der Waals surface area (Å²) in [5, 5.41) is 10.3. The largest absolute Gasteiger partial charge is 0.494 e. The number of hydrogen-bond donors (Lipinski definition) is 1. The van der Waals surface area contributed by atoms with E-state index < -0.39 is 0 Å². The van der Waals surface area contributed by atoms with E-state index in [1.807, 2.05) is 0 Å². The predicted molar refractivity (Wildman–Crippen MR) is 76.5 cm³/mol. The van der Waals surface area contributed by atoms with E-state index in [4.69, 9.17) is 27.9 Å². The molecule has 2 fully saturated rings. The average Bonchev–Trinajstić information content (AvgIpc) is 2.75. The van der Waals surface area contributed by atoms with Crippen LogP contribution in [0.1, 0.15) is 16.8 Å². The third-order valence-electron chi connectivity index (χ3n) is 4.27. The molecule has 0 spiro atoms. The number of fused-ring (bicyclic) bond motifs is 1. The lowest BCUT2D eigenvalue weighted by Gasteiger charge is -2.34. The molecule has 3 atom stereocenters. The normalized spacial score (nSPS) is 28.0. The highest BCUT2D eigenvalue weighted by Gasteiger charge is 2.47. The Hall–Kier alpha value is -0.970.